The minimum absolute atomic E-state index is 0.0593. The average molecular weight is 512 g/mol. The summed E-state index contributed by atoms with van der Waals surface area (Å²) in [6, 6.07) is 25.3. The molecule has 0 atom stereocenters. The second-order valence-corrected chi connectivity index (χ2v) is 9.17. The molecule has 3 aromatic carbocycles. The van der Waals surface area contributed by atoms with E-state index in [1.54, 1.807) is 6.20 Å². The van der Waals surface area contributed by atoms with Crippen LogP contribution in [-0.2, 0) is 17.9 Å². The number of nitrogens with zero attached hydrogens (tertiary/aromatic N) is 2. The van der Waals surface area contributed by atoms with Gasteiger partial charge >= 0.3 is 0 Å². The Labute approximate surface area is 223 Å². The monoisotopic (exact) mass is 511 g/mol. The Morgan fingerprint density at radius 3 is 2.34 bits per heavy atom. The molecule has 1 heterocycles. The highest BCUT2D eigenvalue weighted by Gasteiger charge is 2.19. The van der Waals surface area contributed by atoms with E-state index in [9.17, 15) is 9.59 Å². The van der Waals surface area contributed by atoms with Gasteiger partial charge in [0.25, 0.3) is 5.91 Å². The predicted octanol–water partition coefficient (Wildman–Crippen LogP) is 5.42. The number of carbonyl (C=O) groups is 2. The van der Waals surface area contributed by atoms with Gasteiger partial charge < -0.3 is 14.7 Å². The molecular formula is C31H33N3O4. The fourth-order valence-electron chi connectivity index (χ4n) is 4.24. The molecule has 0 saturated heterocycles. The van der Waals surface area contributed by atoms with Gasteiger partial charge in [0.05, 0.1) is 12.8 Å². The second kappa shape index (κ2) is 13.9. The number of amides is 1. The molecule has 0 fully saturated rings. The third-order valence-corrected chi connectivity index (χ3v) is 6.33. The molecule has 196 valence electrons. The van der Waals surface area contributed by atoms with E-state index >= 15 is 0 Å². The van der Waals surface area contributed by atoms with Crippen LogP contribution in [0.25, 0.3) is 11.1 Å². The van der Waals surface area contributed by atoms with Crippen molar-refractivity contribution in [2.45, 2.75) is 38.8 Å². The van der Waals surface area contributed by atoms with Crippen molar-refractivity contribution < 1.29 is 19.4 Å². The van der Waals surface area contributed by atoms with Crippen LogP contribution in [0.4, 0.5) is 0 Å². The smallest absolute Gasteiger partial charge is 0.254 e. The van der Waals surface area contributed by atoms with Crippen molar-refractivity contribution in [2.75, 3.05) is 13.2 Å². The van der Waals surface area contributed by atoms with Crippen LogP contribution in [0, 0.1) is 0 Å². The number of nitrogens with one attached hydrogen (secondary N) is 1. The van der Waals surface area contributed by atoms with Gasteiger partial charge in [0.15, 0.2) is 5.78 Å². The molecule has 7 nitrogen and oxygen atoms in total. The van der Waals surface area contributed by atoms with Gasteiger partial charge in [-0.3, -0.25) is 14.7 Å². The van der Waals surface area contributed by atoms with Gasteiger partial charge in [-0.05, 0) is 48.6 Å². The van der Waals surface area contributed by atoms with Crippen molar-refractivity contribution in [1.82, 2.24) is 15.1 Å². The summed E-state index contributed by atoms with van der Waals surface area (Å²) in [5, 5.41) is 15.7. The third kappa shape index (κ3) is 7.63. The van der Waals surface area contributed by atoms with E-state index in [0.29, 0.717) is 31.7 Å². The summed E-state index contributed by atoms with van der Waals surface area (Å²) in [7, 11) is 0. The van der Waals surface area contributed by atoms with Crippen LogP contribution in [0.1, 0.15) is 47.2 Å². The number of hydrogen-bond donors (Lipinski definition) is 2. The van der Waals surface area contributed by atoms with Gasteiger partial charge in [-0.2, -0.15) is 5.10 Å². The predicted molar refractivity (Wildman–Crippen MR) is 147 cm³/mol. The van der Waals surface area contributed by atoms with Crippen LogP contribution in [0.3, 0.4) is 0 Å². The molecule has 0 unspecified atom stereocenters. The Kier molecular flexibility index (Phi) is 9.82. The van der Waals surface area contributed by atoms with Gasteiger partial charge in [-0.1, -0.05) is 60.7 Å². The molecule has 0 spiro atoms. The minimum Gasteiger partial charge on any atom is -0.493 e. The topological polar surface area (TPSA) is 95.5 Å². The van der Waals surface area contributed by atoms with Crippen molar-refractivity contribution in [3.63, 3.8) is 0 Å². The largest absolute Gasteiger partial charge is 0.493 e. The molecule has 1 aromatic heterocycles. The number of aromatic amines is 1. The van der Waals surface area contributed by atoms with Crippen LogP contribution >= 0.6 is 0 Å². The SMILES string of the molecule is O=C(CO)CCCCCOc1ccccc1CN(Cc1ccccc1)C(=O)c1ccc(-c2cn[nH]c2)cc1. The molecule has 0 aliphatic carbocycles. The van der Waals surface area contributed by atoms with Gasteiger partial charge in [0.2, 0.25) is 0 Å². The zero-order valence-corrected chi connectivity index (χ0v) is 21.4. The van der Waals surface area contributed by atoms with Crippen LogP contribution in [-0.4, -0.2) is 45.1 Å². The van der Waals surface area contributed by atoms with Crippen molar-refractivity contribution in [2.24, 2.45) is 0 Å². The van der Waals surface area contributed by atoms with E-state index < -0.39 is 6.61 Å². The summed E-state index contributed by atoms with van der Waals surface area (Å²) in [5.74, 6) is 0.562. The van der Waals surface area contributed by atoms with Crippen molar-refractivity contribution in [1.29, 1.82) is 0 Å². The molecule has 2 N–H and O–H groups in total. The summed E-state index contributed by atoms with van der Waals surface area (Å²) >= 11 is 0. The Hall–Kier alpha value is -4.23. The number of unbranched alkanes of at least 4 members (excludes halogenated alkanes) is 2. The summed E-state index contributed by atoms with van der Waals surface area (Å²) in [4.78, 5) is 26.8. The van der Waals surface area contributed by atoms with E-state index in [-0.39, 0.29) is 11.7 Å². The number of ether oxygens (including phenoxy) is 1. The first-order valence-electron chi connectivity index (χ1n) is 12.9. The normalized spacial score (nSPS) is 10.8. The highest BCUT2D eigenvalue weighted by molar-refractivity contribution is 5.94. The number of hydrogen-bond acceptors (Lipinski definition) is 5. The molecule has 1 amide bonds. The van der Waals surface area contributed by atoms with Crippen molar-refractivity contribution in [3.8, 4) is 16.9 Å². The van der Waals surface area contributed by atoms with E-state index in [1.807, 2.05) is 90.0 Å². The third-order valence-electron chi connectivity index (χ3n) is 6.33. The van der Waals surface area contributed by atoms with Crippen molar-refractivity contribution in [3.05, 3.63) is 108 Å². The maximum absolute atomic E-state index is 13.7. The van der Waals surface area contributed by atoms with E-state index in [0.717, 1.165) is 47.3 Å². The fourth-order valence-corrected chi connectivity index (χ4v) is 4.24. The van der Waals surface area contributed by atoms with Gasteiger partial charge in [-0.25, -0.2) is 0 Å². The lowest BCUT2D eigenvalue weighted by atomic mass is 10.1. The van der Waals surface area contributed by atoms with Crippen LogP contribution in [0.2, 0.25) is 0 Å². The highest BCUT2D eigenvalue weighted by Crippen LogP contribution is 2.24. The molecule has 0 bridgehead atoms. The van der Waals surface area contributed by atoms with E-state index in [4.69, 9.17) is 9.84 Å². The van der Waals surface area contributed by atoms with Gasteiger partial charge in [0.1, 0.15) is 12.4 Å². The quantitative estimate of drug-likeness (QED) is 0.221. The first kappa shape index (κ1) is 26.8. The number of aliphatic hydroxyl groups excluding tert-OH is 1. The van der Waals surface area contributed by atoms with Gasteiger partial charge in [-0.15, -0.1) is 0 Å². The molecule has 0 aliphatic heterocycles. The van der Waals surface area contributed by atoms with Crippen LogP contribution < -0.4 is 4.74 Å². The van der Waals surface area contributed by atoms with Crippen molar-refractivity contribution >= 4 is 11.7 Å². The summed E-state index contributed by atoms with van der Waals surface area (Å²) in [6.45, 7) is 0.998. The highest BCUT2D eigenvalue weighted by atomic mass is 16.5. The molecule has 4 rings (SSSR count). The molecule has 7 heteroatoms. The number of ketones is 1. The average Bonchev–Trinajstić information content (AvgIpc) is 3.50. The maximum atomic E-state index is 13.7. The minimum atomic E-state index is -0.392. The Bertz CT molecular complexity index is 1290. The second-order valence-electron chi connectivity index (χ2n) is 9.17. The zero-order chi connectivity index (χ0) is 26.6. The first-order valence-corrected chi connectivity index (χ1v) is 12.9. The number of Topliss-reactive ketones (excluding diaryl/α,β-unsaturated/α-hetero) is 1. The lowest BCUT2D eigenvalue weighted by Crippen LogP contribution is -2.30. The molecule has 0 aliphatic rings. The Balaban J connectivity index is 1.46. The number of aromatic nitrogens is 2. The lowest BCUT2D eigenvalue weighted by Gasteiger charge is -2.24. The molecule has 4 aromatic rings. The number of para-hydroxylation sites is 1. The molecule has 38 heavy (non-hydrogen) atoms. The fraction of sp³-hybridized carbons (Fsp3) is 0.258. The molecular weight excluding hydrogens is 478 g/mol. The van der Waals surface area contributed by atoms with E-state index in [1.165, 1.54) is 0 Å². The number of carbonyl (C=O) groups excluding carboxylic acids is 2. The summed E-state index contributed by atoms with van der Waals surface area (Å²) < 4.78 is 6.08. The van der Waals surface area contributed by atoms with Crippen LogP contribution in [0.15, 0.2) is 91.3 Å². The van der Waals surface area contributed by atoms with Gasteiger partial charge in [0, 0.05) is 42.4 Å². The number of aliphatic hydroxyl groups is 1. The number of benzene rings is 3. The summed E-state index contributed by atoms with van der Waals surface area (Å²) in [6.07, 6.45) is 6.37. The van der Waals surface area contributed by atoms with E-state index in [2.05, 4.69) is 10.2 Å². The first-order chi connectivity index (χ1) is 18.6. The molecule has 0 radical (unpaired) electrons. The number of rotatable bonds is 14. The lowest BCUT2D eigenvalue weighted by molar-refractivity contribution is -0.121. The standard InChI is InChI=1S/C31H33N3O4/c35-23-29(36)12-5-2-8-18-38-30-13-7-6-11-27(30)22-34(21-24-9-3-1-4-10-24)31(37)26-16-14-25(15-17-26)28-19-32-33-20-28/h1,3-4,6-7,9-11,13-17,19-20,35H,2,5,8,12,18,21-23H2,(H,32,33). The van der Waals surface area contributed by atoms with Crippen LogP contribution in [0.5, 0.6) is 5.75 Å². The Morgan fingerprint density at radius 2 is 1.61 bits per heavy atom. The maximum Gasteiger partial charge on any atom is 0.254 e. The zero-order valence-electron chi connectivity index (χ0n) is 21.4. The molecule has 0 saturated carbocycles. The summed E-state index contributed by atoms with van der Waals surface area (Å²) in [5.41, 5.74) is 4.55. The Morgan fingerprint density at radius 1 is 0.842 bits per heavy atom. The number of H-pyrrole nitrogens is 1.